The Morgan fingerprint density at radius 1 is 1.56 bits per heavy atom. The summed E-state index contributed by atoms with van der Waals surface area (Å²) in [6.45, 7) is 3.06. The molecule has 1 aromatic heterocycles. The molecule has 1 aliphatic rings. The molecule has 2 rings (SSSR count). The van der Waals surface area contributed by atoms with Gasteiger partial charge in [0.05, 0.1) is 12.2 Å². The van der Waals surface area contributed by atoms with Gasteiger partial charge in [0.2, 0.25) is 0 Å². The average molecular weight is 364 g/mol. The van der Waals surface area contributed by atoms with Crippen LogP contribution in [0.5, 0.6) is 0 Å². The van der Waals surface area contributed by atoms with Gasteiger partial charge in [0.15, 0.2) is 5.96 Å². The quantitative estimate of drug-likeness (QED) is 0.489. The fourth-order valence-corrected chi connectivity index (χ4v) is 1.43. The van der Waals surface area contributed by atoms with Crippen molar-refractivity contribution in [3.63, 3.8) is 0 Å². The van der Waals surface area contributed by atoms with Gasteiger partial charge in [0, 0.05) is 18.8 Å². The molecule has 0 aliphatic heterocycles. The molecule has 0 amide bonds. The van der Waals surface area contributed by atoms with E-state index < -0.39 is 0 Å². The van der Waals surface area contributed by atoms with Crippen molar-refractivity contribution in [2.75, 3.05) is 6.54 Å². The summed E-state index contributed by atoms with van der Waals surface area (Å²) in [5.41, 5.74) is 0.375. The van der Waals surface area contributed by atoms with Crippen LogP contribution in [0.4, 0.5) is 4.39 Å². The maximum atomic E-state index is 13.3. The van der Waals surface area contributed by atoms with Crippen molar-refractivity contribution in [2.24, 2.45) is 4.99 Å². The number of aromatic nitrogens is 1. The highest BCUT2D eigenvalue weighted by atomic mass is 127. The van der Waals surface area contributed by atoms with Crippen LogP contribution in [-0.4, -0.2) is 23.5 Å². The number of hydrogen-bond donors (Lipinski definition) is 2. The molecule has 100 valence electrons. The largest absolute Gasteiger partial charge is 0.357 e. The van der Waals surface area contributed by atoms with E-state index in [1.54, 1.807) is 12.3 Å². The van der Waals surface area contributed by atoms with Gasteiger partial charge in [-0.25, -0.2) is 9.38 Å². The molecule has 0 bridgehead atoms. The highest BCUT2D eigenvalue weighted by Gasteiger charge is 2.22. The maximum Gasteiger partial charge on any atom is 0.191 e. The molecule has 1 heterocycles. The summed E-state index contributed by atoms with van der Waals surface area (Å²) in [7, 11) is 0. The van der Waals surface area contributed by atoms with E-state index in [2.05, 4.69) is 20.6 Å². The number of hydrogen-bond acceptors (Lipinski definition) is 2. The smallest absolute Gasteiger partial charge is 0.191 e. The minimum Gasteiger partial charge on any atom is -0.357 e. The van der Waals surface area contributed by atoms with Gasteiger partial charge in [-0.1, -0.05) is 0 Å². The molecule has 4 nitrogen and oxygen atoms in total. The van der Waals surface area contributed by atoms with E-state index in [0.717, 1.165) is 12.5 Å². The minimum atomic E-state index is -0.307. The molecule has 2 N–H and O–H groups in total. The van der Waals surface area contributed by atoms with Crippen molar-refractivity contribution in [1.82, 2.24) is 15.6 Å². The van der Waals surface area contributed by atoms with Crippen LogP contribution < -0.4 is 10.6 Å². The van der Waals surface area contributed by atoms with Crippen molar-refractivity contribution in [3.05, 3.63) is 29.8 Å². The predicted octanol–water partition coefficient (Wildman–Crippen LogP) is 2.06. The molecule has 1 fully saturated rings. The topological polar surface area (TPSA) is 49.3 Å². The van der Waals surface area contributed by atoms with Crippen LogP contribution in [0.3, 0.4) is 0 Å². The van der Waals surface area contributed by atoms with Crippen LogP contribution in [0.15, 0.2) is 23.3 Å². The average Bonchev–Trinajstić information content (AvgIpc) is 3.12. The fourth-order valence-electron chi connectivity index (χ4n) is 1.43. The van der Waals surface area contributed by atoms with Crippen molar-refractivity contribution < 1.29 is 4.39 Å². The molecule has 1 saturated carbocycles. The third kappa shape index (κ3) is 4.75. The van der Waals surface area contributed by atoms with Crippen LogP contribution in [-0.2, 0) is 6.54 Å². The Hall–Kier alpha value is -0.920. The van der Waals surface area contributed by atoms with Crippen LogP contribution in [0.2, 0.25) is 0 Å². The Morgan fingerprint density at radius 3 is 2.94 bits per heavy atom. The van der Waals surface area contributed by atoms with Crippen LogP contribution in [0.1, 0.15) is 25.5 Å². The van der Waals surface area contributed by atoms with Gasteiger partial charge in [-0.2, -0.15) is 0 Å². The van der Waals surface area contributed by atoms with E-state index in [1.165, 1.54) is 18.9 Å². The Labute approximate surface area is 124 Å². The molecule has 0 atom stereocenters. The van der Waals surface area contributed by atoms with Gasteiger partial charge in [-0.15, -0.1) is 24.0 Å². The van der Waals surface area contributed by atoms with Gasteiger partial charge in [0.25, 0.3) is 0 Å². The number of nitrogens with one attached hydrogen (secondary N) is 2. The zero-order chi connectivity index (χ0) is 12.1. The number of guanidine groups is 1. The van der Waals surface area contributed by atoms with Gasteiger partial charge >= 0.3 is 0 Å². The lowest BCUT2D eigenvalue weighted by Crippen LogP contribution is -2.38. The standard InChI is InChI=1S/C12H17FN4.HI/c1-2-14-12(17-9-5-6-9)16-8-11-10(13)4-3-7-15-11;/h3-4,7,9H,2,5-6,8H2,1H3,(H2,14,16,17);1H. The summed E-state index contributed by atoms with van der Waals surface area (Å²) in [6, 6.07) is 3.51. The lowest BCUT2D eigenvalue weighted by atomic mass is 10.3. The first-order valence-corrected chi connectivity index (χ1v) is 5.94. The van der Waals surface area contributed by atoms with E-state index in [-0.39, 0.29) is 36.3 Å². The highest BCUT2D eigenvalue weighted by molar-refractivity contribution is 14.0. The summed E-state index contributed by atoms with van der Waals surface area (Å²) in [6.07, 6.45) is 3.94. The zero-order valence-corrected chi connectivity index (χ0v) is 12.6. The molecule has 18 heavy (non-hydrogen) atoms. The Morgan fingerprint density at radius 2 is 2.33 bits per heavy atom. The third-order valence-corrected chi connectivity index (χ3v) is 2.48. The molecule has 0 aromatic carbocycles. The van der Waals surface area contributed by atoms with E-state index >= 15 is 0 Å². The maximum absolute atomic E-state index is 13.3. The molecule has 1 aromatic rings. The number of pyridine rings is 1. The summed E-state index contributed by atoms with van der Waals surface area (Å²) < 4.78 is 13.3. The van der Waals surface area contributed by atoms with Gasteiger partial charge < -0.3 is 10.6 Å². The first-order chi connectivity index (χ1) is 8.29. The van der Waals surface area contributed by atoms with E-state index in [4.69, 9.17) is 0 Å². The second-order valence-electron chi connectivity index (χ2n) is 4.05. The van der Waals surface area contributed by atoms with E-state index in [9.17, 15) is 4.39 Å². The predicted molar refractivity (Wildman–Crippen MR) is 80.6 cm³/mol. The second-order valence-corrected chi connectivity index (χ2v) is 4.05. The SMILES string of the molecule is CCNC(=NCc1ncccc1F)NC1CC1.I. The van der Waals surface area contributed by atoms with Crippen molar-refractivity contribution in [3.8, 4) is 0 Å². The van der Waals surface area contributed by atoms with Crippen molar-refractivity contribution in [2.45, 2.75) is 32.4 Å². The number of aliphatic imine (C=N–C) groups is 1. The molecule has 0 unspecified atom stereocenters. The van der Waals surface area contributed by atoms with Crippen LogP contribution in [0, 0.1) is 5.82 Å². The number of rotatable bonds is 4. The zero-order valence-electron chi connectivity index (χ0n) is 10.3. The van der Waals surface area contributed by atoms with Crippen molar-refractivity contribution in [1.29, 1.82) is 0 Å². The second kappa shape index (κ2) is 7.50. The first kappa shape index (κ1) is 15.1. The molecule has 6 heteroatoms. The Balaban J connectivity index is 0.00000162. The lowest BCUT2D eigenvalue weighted by molar-refractivity contribution is 0.599. The first-order valence-electron chi connectivity index (χ1n) is 5.94. The third-order valence-electron chi connectivity index (χ3n) is 2.48. The fraction of sp³-hybridized carbons (Fsp3) is 0.500. The molecule has 0 saturated heterocycles. The normalized spacial score (nSPS) is 14.9. The number of halogens is 2. The monoisotopic (exact) mass is 364 g/mol. The molecular formula is C12H18FIN4. The Bertz CT molecular complexity index is 407. The molecular weight excluding hydrogens is 346 g/mol. The highest BCUT2D eigenvalue weighted by Crippen LogP contribution is 2.18. The number of nitrogens with zero attached hydrogens (tertiary/aromatic N) is 2. The Kier molecular flexibility index (Phi) is 6.31. The summed E-state index contributed by atoms with van der Waals surface area (Å²) in [5.74, 6) is 0.429. The van der Waals surface area contributed by atoms with Gasteiger partial charge in [-0.05, 0) is 31.9 Å². The van der Waals surface area contributed by atoms with E-state index in [1.807, 2.05) is 6.92 Å². The molecule has 1 aliphatic carbocycles. The summed E-state index contributed by atoms with van der Waals surface area (Å²) in [4.78, 5) is 8.28. The van der Waals surface area contributed by atoms with Gasteiger partial charge in [0.1, 0.15) is 5.82 Å². The summed E-state index contributed by atoms with van der Waals surface area (Å²) >= 11 is 0. The summed E-state index contributed by atoms with van der Waals surface area (Å²) in [5, 5.41) is 6.40. The molecule has 0 spiro atoms. The van der Waals surface area contributed by atoms with Crippen molar-refractivity contribution >= 4 is 29.9 Å². The van der Waals surface area contributed by atoms with E-state index in [0.29, 0.717) is 11.7 Å². The lowest BCUT2D eigenvalue weighted by Gasteiger charge is -2.09. The molecule has 0 radical (unpaired) electrons. The van der Waals surface area contributed by atoms with Crippen LogP contribution >= 0.6 is 24.0 Å². The minimum absolute atomic E-state index is 0. The van der Waals surface area contributed by atoms with Crippen LogP contribution in [0.25, 0.3) is 0 Å². The van der Waals surface area contributed by atoms with Gasteiger partial charge in [-0.3, -0.25) is 4.98 Å².